The van der Waals surface area contributed by atoms with Gasteiger partial charge >= 0.3 is 0 Å². The predicted molar refractivity (Wildman–Crippen MR) is 152 cm³/mol. The molecular weight excluding hydrogens is 474 g/mol. The van der Waals surface area contributed by atoms with Crippen molar-refractivity contribution in [3.8, 4) is 5.75 Å². The Hall–Kier alpha value is -3.80. The molecule has 38 heavy (non-hydrogen) atoms. The molecule has 2 heterocycles. The number of rotatable bonds is 7. The van der Waals surface area contributed by atoms with Crippen molar-refractivity contribution < 1.29 is 14.3 Å². The standard InChI is InChI=1S/C32H37N3O3/c1-38-28-12-8-11-26(22-28)31(36)33-27-13-14-30(29(23-27)32(37)35-17-6-3-7-18-35)34-19-15-25(16-20-34)21-24-9-4-2-5-10-24/h2,4-5,8-14,22-23,25H,3,6-7,15-21H2,1H3,(H,33,36). The van der Waals surface area contributed by atoms with Crippen molar-refractivity contribution in [3.63, 3.8) is 0 Å². The highest BCUT2D eigenvalue weighted by atomic mass is 16.5. The molecule has 198 valence electrons. The van der Waals surface area contributed by atoms with Crippen LogP contribution in [0.3, 0.4) is 0 Å². The van der Waals surface area contributed by atoms with E-state index in [0.29, 0.717) is 28.5 Å². The summed E-state index contributed by atoms with van der Waals surface area (Å²) in [6, 6.07) is 23.6. The maximum absolute atomic E-state index is 13.7. The van der Waals surface area contributed by atoms with E-state index in [-0.39, 0.29) is 11.8 Å². The second kappa shape index (κ2) is 12.2. The minimum absolute atomic E-state index is 0.0589. The number of benzene rings is 3. The number of carbonyl (C=O) groups is 2. The van der Waals surface area contributed by atoms with Gasteiger partial charge in [0.15, 0.2) is 0 Å². The normalized spacial score (nSPS) is 16.2. The number of piperidine rings is 2. The maximum atomic E-state index is 13.7. The van der Waals surface area contributed by atoms with Crippen molar-refractivity contribution in [2.75, 3.05) is 43.5 Å². The molecule has 0 spiro atoms. The first kappa shape index (κ1) is 25.8. The lowest BCUT2D eigenvalue weighted by molar-refractivity contribution is 0.0724. The minimum Gasteiger partial charge on any atom is -0.497 e. The van der Waals surface area contributed by atoms with Crippen molar-refractivity contribution >= 4 is 23.2 Å². The monoisotopic (exact) mass is 511 g/mol. The number of hydrogen-bond donors (Lipinski definition) is 1. The number of methoxy groups -OCH3 is 1. The van der Waals surface area contributed by atoms with Crippen molar-refractivity contribution in [1.29, 1.82) is 0 Å². The van der Waals surface area contributed by atoms with E-state index in [1.165, 1.54) is 12.0 Å². The molecule has 6 nitrogen and oxygen atoms in total. The summed E-state index contributed by atoms with van der Waals surface area (Å²) in [5.74, 6) is 1.11. The van der Waals surface area contributed by atoms with Crippen LogP contribution in [0.15, 0.2) is 72.8 Å². The molecule has 2 amide bonds. The molecule has 6 heteroatoms. The highest BCUT2D eigenvalue weighted by molar-refractivity contribution is 6.06. The Kier molecular flexibility index (Phi) is 8.27. The number of hydrogen-bond acceptors (Lipinski definition) is 4. The molecule has 2 aliphatic heterocycles. The summed E-state index contributed by atoms with van der Waals surface area (Å²) in [6.45, 7) is 3.43. The second-order valence-electron chi connectivity index (χ2n) is 10.4. The number of amides is 2. The van der Waals surface area contributed by atoms with Gasteiger partial charge in [-0.05, 0) is 86.4 Å². The zero-order chi connectivity index (χ0) is 26.3. The lowest BCUT2D eigenvalue weighted by Crippen LogP contribution is -2.39. The summed E-state index contributed by atoms with van der Waals surface area (Å²) in [5, 5.41) is 2.99. The van der Waals surface area contributed by atoms with Crippen LogP contribution >= 0.6 is 0 Å². The Labute approximate surface area is 225 Å². The first-order valence-electron chi connectivity index (χ1n) is 13.8. The van der Waals surface area contributed by atoms with Crippen molar-refractivity contribution in [3.05, 3.63) is 89.5 Å². The van der Waals surface area contributed by atoms with Gasteiger partial charge in [-0.2, -0.15) is 0 Å². The number of ether oxygens (including phenoxy) is 1. The van der Waals surface area contributed by atoms with E-state index in [4.69, 9.17) is 4.74 Å². The van der Waals surface area contributed by atoms with Crippen LogP contribution in [0.2, 0.25) is 0 Å². The fourth-order valence-corrected chi connectivity index (χ4v) is 5.62. The summed E-state index contributed by atoms with van der Waals surface area (Å²) >= 11 is 0. The van der Waals surface area contributed by atoms with E-state index in [0.717, 1.165) is 64.0 Å². The third kappa shape index (κ3) is 6.18. The first-order valence-corrected chi connectivity index (χ1v) is 13.8. The fourth-order valence-electron chi connectivity index (χ4n) is 5.62. The van der Waals surface area contributed by atoms with Crippen LogP contribution in [0.25, 0.3) is 0 Å². The van der Waals surface area contributed by atoms with Crippen LogP contribution < -0.4 is 15.0 Å². The molecule has 0 bridgehead atoms. The number of anilines is 2. The van der Waals surface area contributed by atoms with Crippen LogP contribution in [-0.4, -0.2) is 50.0 Å². The smallest absolute Gasteiger partial charge is 0.256 e. The number of nitrogens with zero attached hydrogens (tertiary/aromatic N) is 2. The average Bonchev–Trinajstić information content (AvgIpc) is 2.98. The van der Waals surface area contributed by atoms with Gasteiger partial charge in [-0.1, -0.05) is 36.4 Å². The second-order valence-corrected chi connectivity index (χ2v) is 10.4. The quantitative estimate of drug-likeness (QED) is 0.421. The van der Waals surface area contributed by atoms with Crippen LogP contribution in [0, 0.1) is 5.92 Å². The van der Waals surface area contributed by atoms with Gasteiger partial charge in [-0.25, -0.2) is 0 Å². The van der Waals surface area contributed by atoms with Gasteiger partial charge in [0.2, 0.25) is 0 Å². The Morgan fingerprint density at radius 2 is 1.63 bits per heavy atom. The van der Waals surface area contributed by atoms with Crippen molar-refractivity contribution in [2.45, 2.75) is 38.5 Å². The molecule has 1 N–H and O–H groups in total. The molecule has 2 fully saturated rings. The fraction of sp³-hybridized carbons (Fsp3) is 0.375. The van der Waals surface area contributed by atoms with Crippen LogP contribution in [0.1, 0.15) is 58.4 Å². The highest BCUT2D eigenvalue weighted by Crippen LogP contribution is 2.31. The van der Waals surface area contributed by atoms with Gasteiger partial charge in [0.25, 0.3) is 11.8 Å². The Balaban J connectivity index is 1.34. The predicted octanol–water partition coefficient (Wildman–Crippen LogP) is 6.03. The van der Waals surface area contributed by atoms with Gasteiger partial charge in [-0.3, -0.25) is 9.59 Å². The average molecular weight is 512 g/mol. The molecule has 0 aliphatic carbocycles. The summed E-state index contributed by atoms with van der Waals surface area (Å²) in [5.41, 5.74) is 4.18. The van der Waals surface area contributed by atoms with E-state index in [1.807, 2.05) is 29.2 Å². The molecule has 0 unspecified atom stereocenters. The lowest BCUT2D eigenvalue weighted by atomic mass is 9.89. The number of likely N-dealkylation sites (tertiary alicyclic amines) is 1. The molecular formula is C32H37N3O3. The van der Waals surface area contributed by atoms with Gasteiger partial charge in [0, 0.05) is 43.1 Å². The van der Waals surface area contributed by atoms with Crippen LogP contribution in [0.4, 0.5) is 11.4 Å². The highest BCUT2D eigenvalue weighted by Gasteiger charge is 2.26. The van der Waals surface area contributed by atoms with E-state index in [2.05, 4.69) is 40.5 Å². The SMILES string of the molecule is COc1cccc(C(=O)Nc2ccc(N3CCC(Cc4ccccc4)CC3)c(C(=O)N3CCCCC3)c2)c1. The number of carbonyl (C=O) groups excluding carboxylic acids is 2. The largest absolute Gasteiger partial charge is 0.497 e. The topological polar surface area (TPSA) is 61.9 Å². The van der Waals surface area contributed by atoms with Gasteiger partial charge in [0.05, 0.1) is 12.7 Å². The van der Waals surface area contributed by atoms with E-state index >= 15 is 0 Å². The number of nitrogens with one attached hydrogen (secondary N) is 1. The van der Waals surface area contributed by atoms with Gasteiger partial charge in [0.1, 0.15) is 5.75 Å². The molecule has 3 aromatic rings. The van der Waals surface area contributed by atoms with Gasteiger partial charge in [-0.15, -0.1) is 0 Å². The Morgan fingerprint density at radius 1 is 0.868 bits per heavy atom. The summed E-state index contributed by atoms with van der Waals surface area (Å²) in [6.07, 6.45) is 6.54. The molecule has 0 atom stereocenters. The zero-order valence-corrected chi connectivity index (χ0v) is 22.2. The Morgan fingerprint density at radius 3 is 2.37 bits per heavy atom. The third-order valence-electron chi connectivity index (χ3n) is 7.78. The molecule has 2 saturated heterocycles. The van der Waals surface area contributed by atoms with Crippen molar-refractivity contribution in [2.24, 2.45) is 5.92 Å². The summed E-state index contributed by atoms with van der Waals surface area (Å²) in [7, 11) is 1.58. The van der Waals surface area contributed by atoms with E-state index in [1.54, 1.807) is 25.3 Å². The first-order chi connectivity index (χ1) is 18.6. The molecule has 3 aromatic carbocycles. The molecule has 2 aliphatic rings. The molecule has 5 rings (SSSR count). The van der Waals surface area contributed by atoms with Crippen LogP contribution in [0.5, 0.6) is 5.75 Å². The van der Waals surface area contributed by atoms with Crippen molar-refractivity contribution in [1.82, 2.24) is 4.90 Å². The molecule has 0 radical (unpaired) electrons. The zero-order valence-electron chi connectivity index (χ0n) is 22.2. The molecule has 0 aromatic heterocycles. The maximum Gasteiger partial charge on any atom is 0.256 e. The lowest BCUT2D eigenvalue weighted by Gasteiger charge is -2.36. The summed E-state index contributed by atoms with van der Waals surface area (Å²) < 4.78 is 5.26. The minimum atomic E-state index is -0.227. The van der Waals surface area contributed by atoms with Crippen LogP contribution in [-0.2, 0) is 6.42 Å². The van der Waals surface area contributed by atoms with Gasteiger partial charge < -0.3 is 19.9 Å². The van der Waals surface area contributed by atoms with E-state index in [9.17, 15) is 9.59 Å². The third-order valence-corrected chi connectivity index (χ3v) is 7.78. The summed E-state index contributed by atoms with van der Waals surface area (Å²) in [4.78, 5) is 31.0. The molecule has 0 saturated carbocycles. The Bertz CT molecular complexity index is 1250. The van der Waals surface area contributed by atoms with E-state index < -0.39 is 0 Å².